The Bertz CT molecular complexity index is 453. The number of ether oxygens (including phenoxy) is 1. The van der Waals surface area contributed by atoms with E-state index in [1.165, 1.54) is 18.9 Å². The third kappa shape index (κ3) is 3.98. The number of hydrogen-bond donors (Lipinski definition) is 1. The maximum Gasteiger partial charge on any atom is 0.326 e. The molecule has 0 heterocycles. The Morgan fingerprint density at radius 2 is 1.68 bits per heavy atom. The van der Waals surface area contributed by atoms with Crippen LogP contribution in [-0.4, -0.2) is 41.1 Å². The summed E-state index contributed by atoms with van der Waals surface area (Å²) in [5.41, 5.74) is 0.437. The second kappa shape index (κ2) is 6.22. The Morgan fingerprint density at radius 1 is 1.16 bits per heavy atom. The average molecular weight is 265 g/mol. The molecular formula is C14H19NO4. The monoisotopic (exact) mass is 265 g/mol. The number of carboxylic acids is 1. The van der Waals surface area contributed by atoms with Gasteiger partial charge in [-0.1, -0.05) is 0 Å². The zero-order chi connectivity index (χ0) is 14.6. The highest BCUT2D eigenvalue weighted by molar-refractivity contribution is 5.96. The molecule has 1 amide bonds. The number of benzene rings is 1. The number of rotatable bonds is 5. The van der Waals surface area contributed by atoms with Crippen LogP contribution in [0.25, 0.3) is 0 Å². The predicted molar refractivity (Wildman–Crippen MR) is 71.4 cm³/mol. The number of carbonyl (C=O) groups excluding carboxylic acids is 1. The van der Waals surface area contributed by atoms with Crippen LogP contribution in [0.1, 0.15) is 31.1 Å². The summed E-state index contributed by atoms with van der Waals surface area (Å²) in [4.78, 5) is 24.1. The number of hydrogen-bond acceptors (Lipinski definition) is 3. The van der Waals surface area contributed by atoms with Crippen LogP contribution in [0.15, 0.2) is 24.3 Å². The van der Waals surface area contributed by atoms with Gasteiger partial charge in [0, 0.05) is 12.6 Å². The minimum absolute atomic E-state index is 0.0660. The molecule has 5 nitrogen and oxygen atoms in total. The minimum Gasteiger partial charge on any atom is -0.491 e. The van der Waals surface area contributed by atoms with Gasteiger partial charge < -0.3 is 14.7 Å². The highest BCUT2D eigenvalue weighted by Crippen LogP contribution is 2.15. The summed E-state index contributed by atoms with van der Waals surface area (Å²) < 4.78 is 5.48. The van der Waals surface area contributed by atoms with Gasteiger partial charge in [-0.3, -0.25) is 4.79 Å². The number of carbonyl (C=O) groups is 2. The summed E-state index contributed by atoms with van der Waals surface area (Å²) in [6, 6.07) is 5.80. The van der Waals surface area contributed by atoms with Crippen molar-refractivity contribution in [3.63, 3.8) is 0 Å². The van der Waals surface area contributed by atoms with E-state index >= 15 is 0 Å². The molecule has 0 spiro atoms. The van der Waals surface area contributed by atoms with Crippen molar-refractivity contribution < 1.29 is 19.4 Å². The minimum atomic E-state index is -1.03. The van der Waals surface area contributed by atoms with Gasteiger partial charge in [0.05, 0.1) is 6.10 Å². The SMILES string of the molecule is CC(C)Oc1ccc(C(=O)N(C)C(C)C(=O)O)cc1. The summed E-state index contributed by atoms with van der Waals surface area (Å²) in [6.07, 6.45) is 0.0660. The highest BCUT2D eigenvalue weighted by Gasteiger charge is 2.22. The van der Waals surface area contributed by atoms with E-state index in [1.807, 2.05) is 13.8 Å². The van der Waals surface area contributed by atoms with Gasteiger partial charge in [0.25, 0.3) is 5.91 Å². The van der Waals surface area contributed by atoms with Crippen molar-refractivity contribution in [1.82, 2.24) is 4.90 Å². The molecule has 0 aliphatic heterocycles. The molecule has 0 aromatic heterocycles. The summed E-state index contributed by atoms with van der Waals surface area (Å²) in [5.74, 6) is -0.679. The molecule has 104 valence electrons. The zero-order valence-electron chi connectivity index (χ0n) is 11.6. The second-order valence-electron chi connectivity index (χ2n) is 4.62. The molecule has 0 bridgehead atoms. The van der Waals surface area contributed by atoms with E-state index in [9.17, 15) is 9.59 Å². The predicted octanol–water partition coefficient (Wildman–Crippen LogP) is 2.02. The molecular weight excluding hydrogens is 246 g/mol. The Balaban J connectivity index is 2.80. The van der Waals surface area contributed by atoms with Gasteiger partial charge in [0.2, 0.25) is 0 Å². The number of amides is 1. The van der Waals surface area contributed by atoms with Gasteiger partial charge in [-0.15, -0.1) is 0 Å². The van der Waals surface area contributed by atoms with Gasteiger partial charge in [-0.2, -0.15) is 0 Å². The Labute approximate surface area is 112 Å². The number of aliphatic carboxylic acids is 1. The molecule has 1 rings (SSSR count). The quantitative estimate of drug-likeness (QED) is 0.884. The third-order valence-electron chi connectivity index (χ3n) is 2.73. The first-order valence-corrected chi connectivity index (χ1v) is 6.09. The molecule has 1 atom stereocenters. The molecule has 0 radical (unpaired) electrons. The summed E-state index contributed by atoms with van der Waals surface area (Å²) in [5, 5.41) is 8.88. The van der Waals surface area contributed by atoms with Crippen LogP contribution in [0.2, 0.25) is 0 Å². The van der Waals surface area contributed by atoms with Crippen LogP contribution < -0.4 is 4.74 Å². The van der Waals surface area contributed by atoms with E-state index in [0.29, 0.717) is 11.3 Å². The Morgan fingerprint density at radius 3 is 2.11 bits per heavy atom. The standard InChI is InChI=1S/C14H19NO4/c1-9(2)19-12-7-5-11(6-8-12)13(16)15(4)10(3)14(17)18/h5-10H,1-4H3,(H,17,18). The third-order valence-corrected chi connectivity index (χ3v) is 2.73. The first kappa shape index (κ1) is 15.0. The first-order chi connectivity index (χ1) is 8.82. The zero-order valence-corrected chi connectivity index (χ0v) is 11.6. The largest absolute Gasteiger partial charge is 0.491 e. The summed E-state index contributed by atoms with van der Waals surface area (Å²) >= 11 is 0. The van der Waals surface area contributed by atoms with Crippen LogP contribution >= 0.6 is 0 Å². The van der Waals surface area contributed by atoms with Gasteiger partial charge in [0.15, 0.2) is 0 Å². The molecule has 19 heavy (non-hydrogen) atoms. The van der Waals surface area contributed by atoms with E-state index in [-0.39, 0.29) is 12.0 Å². The Kier molecular flexibility index (Phi) is 4.92. The van der Waals surface area contributed by atoms with Crippen LogP contribution in [0.5, 0.6) is 5.75 Å². The molecule has 5 heteroatoms. The van der Waals surface area contributed by atoms with Crippen molar-refractivity contribution in [3.05, 3.63) is 29.8 Å². The Hall–Kier alpha value is -2.04. The van der Waals surface area contributed by atoms with Crippen LogP contribution in [0, 0.1) is 0 Å². The molecule has 0 saturated carbocycles. The summed E-state index contributed by atoms with van der Waals surface area (Å²) in [7, 11) is 1.47. The van der Waals surface area contributed by atoms with Gasteiger partial charge in [-0.25, -0.2) is 4.79 Å². The molecule has 1 unspecified atom stereocenters. The fraction of sp³-hybridized carbons (Fsp3) is 0.429. The lowest BCUT2D eigenvalue weighted by Gasteiger charge is -2.21. The fourth-order valence-corrected chi connectivity index (χ4v) is 1.49. The molecule has 1 aromatic rings. The van der Waals surface area contributed by atoms with Crippen molar-refractivity contribution in [1.29, 1.82) is 0 Å². The number of nitrogens with zero attached hydrogens (tertiary/aromatic N) is 1. The molecule has 0 saturated heterocycles. The van der Waals surface area contributed by atoms with E-state index in [2.05, 4.69) is 0 Å². The number of likely N-dealkylation sites (N-methyl/N-ethyl adjacent to an activating group) is 1. The van der Waals surface area contributed by atoms with E-state index in [4.69, 9.17) is 9.84 Å². The topological polar surface area (TPSA) is 66.8 Å². The fourth-order valence-electron chi connectivity index (χ4n) is 1.49. The molecule has 0 fully saturated rings. The van der Waals surface area contributed by atoms with Crippen molar-refractivity contribution in [2.75, 3.05) is 7.05 Å². The van der Waals surface area contributed by atoms with Crippen molar-refractivity contribution in [3.8, 4) is 5.75 Å². The van der Waals surface area contributed by atoms with Crippen LogP contribution in [-0.2, 0) is 4.79 Å². The maximum absolute atomic E-state index is 12.0. The average Bonchev–Trinajstić information content (AvgIpc) is 2.36. The van der Waals surface area contributed by atoms with Gasteiger partial charge in [0.1, 0.15) is 11.8 Å². The van der Waals surface area contributed by atoms with Gasteiger partial charge in [-0.05, 0) is 45.0 Å². The van der Waals surface area contributed by atoms with Crippen LogP contribution in [0.4, 0.5) is 0 Å². The van der Waals surface area contributed by atoms with E-state index in [0.717, 1.165) is 0 Å². The van der Waals surface area contributed by atoms with E-state index < -0.39 is 12.0 Å². The molecule has 0 aliphatic carbocycles. The second-order valence-corrected chi connectivity index (χ2v) is 4.62. The van der Waals surface area contributed by atoms with Crippen LogP contribution in [0.3, 0.4) is 0 Å². The molecule has 1 N–H and O–H groups in total. The first-order valence-electron chi connectivity index (χ1n) is 6.09. The normalized spacial score (nSPS) is 12.1. The van der Waals surface area contributed by atoms with E-state index in [1.54, 1.807) is 24.3 Å². The maximum atomic E-state index is 12.0. The smallest absolute Gasteiger partial charge is 0.326 e. The van der Waals surface area contributed by atoms with Crippen molar-refractivity contribution in [2.45, 2.75) is 32.9 Å². The van der Waals surface area contributed by atoms with Gasteiger partial charge >= 0.3 is 5.97 Å². The highest BCUT2D eigenvalue weighted by atomic mass is 16.5. The van der Waals surface area contributed by atoms with Crippen molar-refractivity contribution in [2.24, 2.45) is 0 Å². The lowest BCUT2D eigenvalue weighted by Crippen LogP contribution is -2.40. The lowest BCUT2D eigenvalue weighted by molar-refractivity contribution is -0.141. The molecule has 0 aliphatic rings. The molecule has 1 aromatic carbocycles. The summed E-state index contributed by atoms with van der Waals surface area (Å²) in [6.45, 7) is 5.30. The van der Waals surface area contributed by atoms with Crippen molar-refractivity contribution >= 4 is 11.9 Å². The number of carboxylic acid groups (broad SMARTS) is 1. The lowest BCUT2D eigenvalue weighted by atomic mass is 10.1.